The molecule has 1 aliphatic carbocycles. The van der Waals surface area contributed by atoms with E-state index in [9.17, 15) is 24.6 Å². The molecular weight excluding hydrogens is 436 g/mol. The summed E-state index contributed by atoms with van der Waals surface area (Å²) in [5.41, 5.74) is 1.11. The van der Waals surface area contributed by atoms with Gasteiger partial charge in [-0.1, -0.05) is 25.8 Å². The third-order valence-electron chi connectivity index (χ3n) is 7.85. The maximum atomic E-state index is 13.8. The number of benzene rings is 1. The van der Waals surface area contributed by atoms with E-state index in [0.717, 1.165) is 36.9 Å². The fourth-order valence-electron chi connectivity index (χ4n) is 6.02. The fraction of sp³-hybridized carbons (Fsp3) is 0.423. The van der Waals surface area contributed by atoms with Crippen LogP contribution >= 0.6 is 0 Å². The van der Waals surface area contributed by atoms with Crippen molar-refractivity contribution in [2.24, 2.45) is 0 Å². The number of aliphatic hydroxyl groups excluding tert-OH is 1. The number of aliphatic hydroxyl groups is 2. The Kier molecular flexibility index (Phi) is 4.63. The summed E-state index contributed by atoms with van der Waals surface area (Å²) >= 11 is 0. The van der Waals surface area contributed by atoms with Crippen molar-refractivity contribution in [1.82, 2.24) is 9.13 Å². The van der Waals surface area contributed by atoms with Crippen molar-refractivity contribution in [3.8, 4) is 11.3 Å². The van der Waals surface area contributed by atoms with E-state index in [0.29, 0.717) is 22.2 Å². The summed E-state index contributed by atoms with van der Waals surface area (Å²) in [5, 5.41) is 21.3. The van der Waals surface area contributed by atoms with E-state index < -0.39 is 11.6 Å². The van der Waals surface area contributed by atoms with Crippen molar-refractivity contribution >= 4 is 16.9 Å². The van der Waals surface area contributed by atoms with Crippen LogP contribution in [-0.4, -0.2) is 25.3 Å². The predicted molar refractivity (Wildman–Crippen MR) is 124 cm³/mol. The highest BCUT2D eigenvalue weighted by atomic mass is 16.6. The number of esters is 1. The molecule has 0 bridgehead atoms. The van der Waals surface area contributed by atoms with Crippen LogP contribution in [0.15, 0.2) is 33.9 Å². The minimum atomic E-state index is -1.92. The minimum absolute atomic E-state index is 0.0540. The lowest BCUT2D eigenvalue weighted by Gasteiger charge is -2.31. The molecule has 0 unspecified atom stereocenters. The molecule has 3 aromatic rings. The smallest absolute Gasteiger partial charge is 0.343 e. The molecule has 0 spiro atoms. The van der Waals surface area contributed by atoms with Crippen LogP contribution in [0.4, 0.5) is 0 Å². The number of carbonyl (C=O) groups excluding carboxylic acids is 1. The number of ether oxygens (including phenoxy) is 1. The average Bonchev–Trinajstić information content (AvgIpc) is 3.51. The third-order valence-corrected chi connectivity index (χ3v) is 7.85. The summed E-state index contributed by atoms with van der Waals surface area (Å²) in [6, 6.07) is 7.29. The van der Waals surface area contributed by atoms with Crippen LogP contribution in [0.3, 0.4) is 0 Å². The van der Waals surface area contributed by atoms with Crippen molar-refractivity contribution in [2.45, 2.75) is 70.4 Å². The molecule has 1 atom stereocenters. The molecule has 4 heterocycles. The van der Waals surface area contributed by atoms with Gasteiger partial charge in [-0.25, -0.2) is 4.79 Å². The lowest BCUT2D eigenvalue weighted by Crippen LogP contribution is -2.44. The van der Waals surface area contributed by atoms with Crippen molar-refractivity contribution in [2.75, 3.05) is 0 Å². The van der Waals surface area contributed by atoms with E-state index in [-0.39, 0.29) is 54.3 Å². The summed E-state index contributed by atoms with van der Waals surface area (Å²) in [6.07, 6.45) is 4.24. The normalized spacial score (nSPS) is 21.4. The number of cyclic esters (lactones) is 1. The van der Waals surface area contributed by atoms with Crippen LogP contribution in [-0.2, 0) is 34.9 Å². The highest BCUT2D eigenvalue weighted by Crippen LogP contribution is 2.41. The number of aromatic nitrogens is 2. The zero-order valence-electron chi connectivity index (χ0n) is 19.0. The van der Waals surface area contributed by atoms with Crippen molar-refractivity contribution < 1.29 is 19.7 Å². The van der Waals surface area contributed by atoms with Gasteiger partial charge in [0.25, 0.3) is 5.56 Å². The fourth-order valence-corrected chi connectivity index (χ4v) is 6.02. The number of pyridine rings is 2. The molecule has 2 N–H and O–H groups in total. The van der Waals surface area contributed by atoms with Crippen LogP contribution in [0.5, 0.6) is 0 Å². The van der Waals surface area contributed by atoms with Gasteiger partial charge >= 0.3 is 5.97 Å². The Morgan fingerprint density at radius 2 is 1.91 bits per heavy atom. The van der Waals surface area contributed by atoms with Gasteiger partial charge in [-0.05, 0) is 43.0 Å². The molecule has 0 amide bonds. The lowest BCUT2D eigenvalue weighted by atomic mass is 9.85. The number of hydrogen-bond acceptors (Lipinski definition) is 6. The molecule has 0 saturated heterocycles. The number of fused-ring (bicyclic) bond motifs is 5. The van der Waals surface area contributed by atoms with Gasteiger partial charge in [0.15, 0.2) is 11.0 Å². The Hall–Kier alpha value is -3.23. The van der Waals surface area contributed by atoms with E-state index in [1.807, 2.05) is 12.1 Å². The third kappa shape index (κ3) is 2.69. The summed E-state index contributed by atoms with van der Waals surface area (Å²) in [4.78, 5) is 39.8. The molecule has 176 valence electrons. The van der Waals surface area contributed by atoms with E-state index in [2.05, 4.69) is 4.57 Å². The van der Waals surface area contributed by atoms with Crippen LogP contribution in [0.25, 0.3) is 22.2 Å². The second kappa shape index (κ2) is 7.38. The first-order valence-electron chi connectivity index (χ1n) is 11.9. The predicted octanol–water partition coefficient (Wildman–Crippen LogP) is 2.45. The summed E-state index contributed by atoms with van der Waals surface area (Å²) in [6.45, 7) is 1.54. The second-order valence-corrected chi connectivity index (χ2v) is 9.57. The van der Waals surface area contributed by atoms with Crippen LogP contribution in [0, 0.1) is 0 Å². The van der Waals surface area contributed by atoms with Gasteiger partial charge < -0.3 is 24.1 Å². The van der Waals surface area contributed by atoms with E-state index in [1.165, 1.54) is 0 Å². The van der Waals surface area contributed by atoms with Crippen LogP contribution < -0.4 is 11.0 Å². The quantitative estimate of drug-likeness (QED) is 0.453. The molecule has 3 aliphatic rings. The van der Waals surface area contributed by atoms with Gasteiger partial charge in [0.2, 0.25) is 0 Å². The van der Waals surface area contributed by atoms with Gasteiger partial charge in [0.1, 0.15) is 6.61 Å². The zero-order chi connectivity index (χ0) is 23.8. The van der Waals surface area contributed by atoms with Gasteiger partial charge in [0.05, 0.1) is 41.2 Å². The number of rotatable bonds is 3. The molecule has 1 saturated carbocycles. The van der Waals surface area contributed by atoms with E-state index >= 15 is 0 Å². The Morgan fingerprint density at radius 1 is 1.15 bits per heavy atom. The average molecular weight is 463 g/mol. The van der Waals surface area contributed by atoms with E-state index in [1.54, 1.807) is 23.6 Å². The van der Waals surface area contributed by atoms with E-state index in [4.69, 9.17) is 4.74 Å². The number of hydrogen-bond donors (Lipinski definition) is 2. The number of carbonyl (C=O) groups is 1. The van der Waals surface area contributed by atoms with Crippen molar-refractivity contribution in [3.63, 3.8) is 0 Å². The monoisotopic (exact) mass is 462 g/mol. The number of nitrogens with zero attached hydrogens (tertiary/aromatic N) is 2. The molecule has 0 radical (unpaired) electrons. The minimum Gasteiger partial charge on any atom is -0.458 e. The Labute approximate surface area is 195 Å². The van der Waals surface area contributed by atoms with Crippen LogP contribution in [0.2, 0.25) is 0 Å². The molecular formula is C26H26N2O6. The summed E-state index contributed by atoms with van der Waals surface area (Å²) in [5.74, 6) is -0.778. The maximum Gasteiger partial charge on any atom is 0.343 e. The standard InChI is InChI=1S/C26H26N2O6/c1-2-26(33)18-10-20-22-21(11-27(20)24(31)17(18)13-34-25(26)32)28(15-5-3-4-6-15)19-8-7-14(12-29)9-16(19)23(22)30/h7-10,15,29,33H,2-6,11-13H2,1H3/t26-/m0/s1. The molecule has 8 heteroatoms. The summed E-state index contributed by atoms with van der Waals surface area (Å²) in [7, 11) is 0. The highest BCUT2D eigenvalue weighted by Gasteiger charge is 2.45. The topological polar surface area (TPSA) is 111 Å². The van der Waals surface area contributed by atoms with Crippen LogP contribution in [0.1, 0.15) is 67.5 Å². The summed E-state index contributed by atoms with van der Waals surface area (Å²) < 4.78 is 8.93. The molecule has 2 aromatic heterocycles. The molecule has 2 aliphatic heterocycles. The molecule has 6 rings (SSSR count). The van der Waals surface area contributed by atoms with Crippen molar-refractivity contribution in [1.29, 1.82) is 0 Å². The lowest BCUT2D eigenvalue weighted by molar-refractivity contribution is -0.172. The first-order chi connectivity index (χ1) is 16.4. The van der Waals surface area contributed by atoms with Gasteiger partial charge in [-0.2, -0.15) is 0 Å². The molecule has 1 aromatic carbocycles. The first kappa shape index (κ1) is 21.3. The Balaban J connectivity index is 1.70. The largest absolute Gasteiger partial charge is 0.458 e. The molecule has 1 fully saturated rings. The zero-order valence-corrected chi connectivity index (χ0v) is 19.0. The van der Waals surface area contributed by atoms with Gasteiger partial charge in [-0.3, -0.25) is 9.59 Å². The van der Waals surface area contributed by atoms with Crippen molar-refractivity contribution in [3.05, 3.63) is 67.2 Å². The highest BCUT2D eigenvalue weighted by molar-refractivity contribution is 5.88. The maximum absolute atomic E-state index is 13.8. The Bertz CT molecular complexity index is 1490. The van der Waals surface area contributed by atoms with Gasteiger partial charge in [-0.15, -0.1) is 0 Å². The SMILES string of the molecule is CC[C@@]1(O)C(=O)OCc2c1cc1n(c2=O)Cc2c-1c(=O)c1cc(CO)ccc1n2C1CCCC1. The van der Waals surface area contributed by atoms with Gasteiger partial charge in [0, 0.05) is 17.0 Å². The molecule has 8 nitrogen and oxygen atoms in total. The molecule has 34 heavy (non-hydrogen) atoms. The second-order valence-electron chi connectivity index (χ2n) is 9.57. The Morgan fingerprint density at radius 3 is 2.62 bits per heavy atom. The first-order valence-corrected chi connectivity index (χ1v) is 11.9.